The van der Waals surface area contributed by atoms with Crippen LogP contribution in [0.5, 0.6) is 0 Å². The number of hydrogen-bond acceptors (Lipinski definition) is 4. The summed E-state index contributed by atoms with van der Waals surface area (Å²) < 4.78 is 11.6. The molecule has 0 atom stereocenters. The van der Waals surface area contributed by atoms with Gasteiger partial charge in [-0.05, 0) is 63.7 Å². The van der Waals surface area contributed by atoms with E-state index < -0.39 is 11.2 Å². The van der Waals surface area contributed by atoms with Crippen molar-refractivity contribution in [1.29, 1.82) is 0 Å². The van der Waals surface area contributed by atoms with Gasteiger partial charge in [-0.1, -0.05) is 31.1 Å². The van der Waals surface area contributed by atoms with Gasteiger partial charge in [0.25, 0.3) is 0 Å². The Hall–Kier alpha value is -2.11. The van der Waals surface area contributed by atoms with Crippen LogP contribution in [-0.4, -0.2) is 28.2 Å². The molecule has 142 valence electrons. The molecule has 0 fully saturated rings. The van der Waals surface area contributed by atoms with Crippen molar-refractivity contribution in [3.05, 3.63) is 60.1 Å². The summed E-state index contributed by atoms with van der Waals surface area (Å²) in [6, 6.07) is 12.4. The van der Waals surface area contributed by atoms with Gasteiger partial charge in [0.1, 0.15) is 5.58 Å². The van der Waals surface area contributed by atoms with Crippen LogP contribution in [-0.2, 0) is 17.5 Å². The first kappa shape index (κ1) is 19.7. The van der Waals surface area contributed by atoms with Gasteiger partial charge in [-0.3, -0.25) is 4.98 Å². The molecule has 0 aliphatic heterocycles. The number of aromatic nitrogens is 1. The summed E-state index contributed by atoms with van der Waals surface area (Å²) in [6.07, 6.45) is 5.30. The number of furan rings is 1. The van der Waals surface area contributed by atoms with E-state index in [1.165, 1.54) is 5.56 Å². The third-order valence-electron chi connectivity index (χ3n) is 5.51. The number of pyridine rings is 1. The van der Waals surface area contributed by atoms with Crippen LogP contribution in [0.4, 0.5) is 0 Å². The average Bonchev–Trinajstić information content (AvgIpc) is 3.08. The predicted octanol–water partition coefficient (Wildman–Crippen LogP) is 4.01. The van der Waals surface area contributed by atoms with E-state index in [9.17, 15) is 5.11 Å². The Bertz CT molecular complexity index is 894. The molecule has 1 aromatic carbocycles. The van der Waals surface area contributed by atoms with E-state index in [-0.39, 0.29) is 6.92 Å². The first-order valence-corrected chi connectivity index (χ1v) is 9.47. The van der Waals surface area contributed by atoms with Gasteiger partial charge >= 0.3 is 6.92 Å². The highest BCUT2D eigenvalue weighted by atomic mass is 16.5. The molecule has 0 amide bonds. The van der Waals surface area contributed by atoms with Crippen LogP contribution in [0.15, 0.2) is 53.3 Å². The van der Waals surface area contributed by atoms with Gasteiger partial charge in [0.2, 0.25) is 0 Å². The summed E-state index contributed by atoms with van der Waals surface area (Å²) in [5, 5.41) is 11.4. The van der Waals surface area contributed by atoms with Gasteiger partial charge in [-0.2, -0.15) is 0 Å². The van der Waals surface area contributed by atoms with E-state index in [1.807, 2.05) is 32.8 Å². The second-order valence-corrected chi connectivity index (χ2v) is 8.16. The van der Waals surface area contributed by atoms with Crippen molar-refractivity contribution < 1.29 is 14.2 Å². The Morgan fingerprint density at radius 2 is 1.74 bits per heavy atom. The number of hydrogen-bond donors (Lipinski definition) is 1. The van der Waals surface area contributed by atoms with Crippen molar-refractivity contribution in [2.24, 2.45) is 0 Å². The maximum absolute atomic E-state index is 10.3. The second-order valence-electron chi connectivity index (χ2n) is 8.16. The quantitative estimate of drug-likeness (QED) is 0.643. The fourth-order valence-electron chi connectivity index (χ4n) is 3.02. The molecule has 3 rings (SSSR count). The fourth-order valence-corrected chi connectivity index (χ4v) is 3.02. The summed E-state index contributed by atoms with van der Waals surface area (Å²) in [5.74, 6) is 0. The predicted molar refractivity (Wildman–Crippen MR) is 111 cm³/mol. The van der Waals surface area contributed by atoms with Gasteiger partial charge in [0.15, 0.2) is 0 Å². The molecule has 0 bridgehead atoms. The zero-order valence-electron chi connectivity index (χ0n) is 16.8. The lowest BCUT2D eigenvalue weighted by molar-refractivity contribution is -0.0918. The summed E-state index contributed by atoms with van der Waals surface area (Å²) in [4.78, 5) is 4.50. The first-order chi connectivity index (χ1) is 12.7. The average molecular weight is 365 g/mol. The molecular formula is C22H28BNO3. The van der Waals surface area contributed by atoms with Crippen LogP contribution in [0.1, 0.15) is 39.0 Å². The number of fused-ring (bicyclic) bond motifs is 1. The largest absolute Gasteiger partial charge is 0.464 e. The molecular weight excluding hydrogens is 337 g/mol. The summed E-state index contributed by atoms with van der Waals surface area (Å²) >= 11 is 0. The fraction of sp³-hybridized carbons (Fsp3) is 0.409. The Morgan fingerprint density at radius 1 is 1.04 bits per heavy atom. The van der Waals surface area contributed by atoms with Gasteiger partial charge in [0, 0.05) is 11.6 Å². The van der Waals surface area contributed by atoms with Crippen LogP contribution in [0, 0.1) is 0 Å². The summed E-state index contributed by atoms with van der Waals surface area (Å²) in [5.41, 5.74) is 2.76. The zero-order valence-corrected chi connectivity index (χ0v) is 16.8. The second kappa shape index (κ2) is 7.49. The van der Waals surface area contributed by atoms with E-state index >= 15 is 0 Å². The Morgan fingerprint density at radius 3 is 2.41 bits per heavy atom. The molecule has 0 unspecified atom stereocenters. The van der Waals surface area contributed by atoms with Gasteiger partial charge in [0.05, 0.1) is 23.2 Å². The smallest absolute Gasteiger partial charge is 0.324 e. The molecule has 27 heavy (non-hydrogen) atoms. The van der Waals surface area contributed by atoms with E-state index in [0.29, 0.717) is 0 Å². The lowest BCUT2D eigenvalue weighted by atomic mass is 9.62. The maximum atomic E-state index is 10.3. The molecule has 0 radical (unpaired) electrons. The van der Waals surface area contributed by atoms with Crippen LogP contribution in [0.2, 0.25) is 6.82 Å². The minimum atomic E-state index is -0.914. The number of benzene rings is 1. The SMILES string of the molecule is CB(OC(C)(C)C(C)(C)O)c1ccc(CCc2nccc3occc23)cc1. The minimum absolute atomic E-state index is 0.0955. The Balaban J connectivity index is 1.64. The van der Waals surface area contributed by atoms with Crippen molar-refractivity contribution >= 4 is 23.3 Å². The Kier molecular flexibility index (Phi) is 5.45. The molecule has 0 saturated carbocycles. The molecule has 2 aromatic heterocycles. The molecule has 0 aliphatic rings. The monoisotopic (exact) mass is 365 g/mol. The highest BCUT2D eigenvalue weighted by Gasteiger charge is 2.38. The molecule has 4 nitrogen and oxygen atoms in total. The van der Waals surface area contributed by atoms with Crippen LogP contribution in [0.25, 0.3) is 11.0 Å². The van der Waals surface area contributed by atoms with Crippen LogP contribution in [0.3, 0.4) is 0 Å². The normalized spacial score (nSPS) is 12.5. The van der Waals surface area contributed by atoms with Gasteiger partial charge in [-0.15, -0.1) is 0 Å². The number of aryl methyl sites for hydroxylation is 2. The maximum Gasteiger partial charge on any atom is 0.324 e. The summed E-state index contributed by atoms with van der Waals surface area (Å²) in [6.45, 7) is 9.31. The van der Waals surface area contributed by atoms with Crippen molar-refractivity contribution in [2.75, 3.05) is 0 Å². The molecule has 3 aromatic rings. The molecule has 0 spiro atoms. The lowest BCUT2D eigenvalue weighted by Crippen LogP contribution is -2.52. The first-order valence-electron chi connectivity index (χ1n) is 9.47. The van der Waals surface area contributed by atoms with E-state index in [4.69, 9.17) is 9.07 Å². The lowest BCUT2D eigenvalue weighted by Gasteiger charge is -2.39. The highest BCUT2D eigenvalue weighted by Crippen LogP contribution is 2.25. The van der Waals surface area contributed by atoms with E-state index in [0.717, 1.165) is 35.0 Å². The third-order valence-corrected chi connectivity index (χ3v) is 5.51. The molecule has 5 heteroatoms. The molecule has 0 aliphatic carbocycles. The van der Waals surface area contributed by atoms with Crippen molar-refractivity contribution in [1.82, 2.24) is 4.98 Å². The van der Waals surface area contributed by atoms with E-state index in [2.05, 4.69) is 29.2 Å². The molecule has 0 saturated heterocycles. The molecule has 2 heterocycles. The number of rotatable bonds is 7. The zero-order chi connectivity index (χ0) is 19.7. The third kappa shape index (κ3) is 4.42. The van der Waals surface area contributed by atoms with Crippen LogP contribution >= 0.6 is 0 Å². The summed E-state index contributed by atoms with van der Waals surface area (Å²) in [7, 11) is 0. The van der Waals surface area contributed by atoms with Crippen molar-refractivity contribution in [3.8, 4) is 0 Å². The van der Waals surface area contributed by atoms with Crippen molar-refractivity contribution in [2.45, 2.75) is 58.6 Å². The minimum Gasteiger partial charge on any atom is -0.464 e. The number of aliphatic hydroxyl groups is 1. The Labute approximate surface area is 161 Å². The van der Waals surface area contributed by atoms with Gasteiger partial charge < -0.3 is 14.2 Å². The van der Waals surface area contributed by atoms with Crippen molar-refractivity contribution in [3.63, 3.8) is 0 Å². The standard InChI is InChI=1S/C22H28BNO3/c1-21(2,25)22(3,4)27-23(5)17-9-6-16(7-10-17)8-11-19-18-13-15-26-20(18)12-14-24-19/h6-7,9-10,12-15,25H,8,11H2,1-5H3. The highest BCUT2D eigenvalue weighted by molar-refractivity contribution is 6.66. The van der Waals surface area contributed by atoms with Gasteiger partial charge in [-0.25, -0.2) is 0 Å². The topological polar surface area (TPSA) is 55.5 Å². The molecule has 1 N–H and O–H groups in total. The number of nitrogens with zero attached hydrogens (tertiary/aromatic N) is 1. The van der Waals surface area contributed by atoms with Crippen LogP contribution < -0.4 is 5.46 Å². The van der Waals surface area contributed by atoms with E-state index in [1.54, 1.807) is 26.3 Å².